The van der Waals surface area contributed by atoms with Crippen LogP contribution >= 0.6 is 0 Å². The number of ether oxygens (including phenoxy) is 1. The first-order valence-corrected chi connectivity index (χ1v) is 7.69. The molecule has 0 amide bonds. The highest BCUT2D eigenvalue weighted by Crippen LogP contribution is 2.06. The van der Waals surface area contributed by atoms with Crippen molar-refractivity contribution in [2.75, 3.05) is 38.6 Å². The minimum atomic E-state index is -3.38. The summed E-state index contributed by atoms with van der Waals surface area (Å²) in [6, 6.07) is 7.42. The molecule has 1 heterocycles. The Morgan fingerprint density at radius 2 is 1.84 bits per heavy atom. The van der Waals surface area contributed by atoms with Crippen molar-refractivity contribution in [2.45, 2.75) is 6.42 Å². The molecule has 0 unspecified atom stereocenters. The quantitative estimate of drug-likeness (QED) is 0.745. The number of nitrogen functional groups attached to an aromatic ring is 1. The van der Waals surface area contributed by atoms with Gasteiger partial charge in [0.1, 0.15) is 0 Å². The van der Waals surface area contributed by atoms with Gasteiger partial charge in [-0.2, -0.15) is 12.7 Å². The van der Waals surface area contributed by atoms with Crippen LogP contribution in [-0.2, 0) is 21.4 Å². The fraction of sp³-hybridized carbons (Fsp3) is 0.500. The summed E-state index contributed by atoms with van der Waals surface area (Å²) < 4.78 is 33.1. The molecule has 0 spiro atoms. The van der Waals surface area contributed by atoms with E-state index >= 15 is 0 Å². The fourth-order valence-corrected chi connectivity index (χ4v) is 3.06. The van der Waals surface area contributed by atoms with E-state index in [0.717, 1.165) is 5.56 Å². The van der Waals surface area contributed by atoms with Gasteiger partial charge in [0.25, 0.3) is 10.2 Å². The van der Waals surface area contributed by atoms with Crippen molar-refractivity contribution in [1.82, 2.24) is 9.03 Å². The second-order valence-corrected chi connectivity index (χ2v) is 6.16. The van der Waals surface area contributed by atoms with Crippen LogP contribution in [0.1, 0.15) is 5.56 Å². The number of nitrogens with zero attached hydrogens (tertiary/aromatic N) is 1. The van der Waals surface area contributed by atoms with Gasteiger partial charge in [-0.15, -0.1) is 0 Å². The largest absolute Gasteiger partial charge is 0.399 e. The monoisotopic (exact) mass is 285 g/mol. The maximum Gasteiger partial charge on any atom is 0.279 e. The van der Waals surface area contributed by atoms with Crippen molar-refractivity contribution in [1.29, 1.82) is 0 Å². The summed E-state index contributed by atoms with van der Waals surface area (Å²) in [4.78, 5) is 0. The van der Waals surface area contributed by atoms with E-state index in [1.165, 1.54) is 4.31 Å². The molecule has 6 nitrogen and oxygen atoms in total. The molecule has 2 rings (SSSR count). The third-order valence-electron chi connectivity index (χ3n) is 2.99. The number of hydrogen-bond acceptors (Lipinski definition) is 4. The van der Waals surface area contributed by atoms with Crippen LogP contribution in [0.2, 0.25) is 0 Å². The third-order valence-corrected chi connectivity index (χ3v) is 4.60. The van der Waals surface area contributed by atoms with Gasteiger partial charge in [-0.05, 0) is 24.1 Å². The summed E-state index contributed by atoms with van der Waals surface area (Å²) in [5, 5.41) is 0. The van der Waals surface area contributed by atoms with E-state index in [1.54, 1.807) is 0 Å². The van der Waals surface area contributed by atoms with E-state index in [2.05, 4.69) is 4.72 Å². The molecule has 0 aromatic heterocycles. The summed E-state index contributed by atoms with van der Waals surface area (Å²) in [6.45, 7) is 2.12. The first-order chi connectivity index (χ1) is 9.08. The molecule has 1 aromatic rings. The highest BCUT2D eigenvalue weighted by molar-refractivity contribution is 7.87. The lowest BCUT2D eigenvalue weighted by Crippen LogP contribution is -2.47. The lowest BCUT2D eigenvalue weighted by Gasteiger charge is -2.26. The number of rotatable bonds is 5. The van der Waals surface area contributed by atoms with Crippen molar-refractivity contribution in [3.05, 3.63) is 29.8 Å². The molecule has 1 saturated heterocycles. The van der Waals surface area contributed by atoms with Gasteiger partial charge in [0.2, 0.25) is 0 Å². The van der Waals surface area contributed by atoms with Crippen LogP contribution in [-0.4, -0.2) is 45.6 Å². The Morgan fingerprint density at radius 1 is 1.21 bits per heavy atom. The average molecular weight is 285 g/mol. The zero-order chi connectivity index (χ0) is 13.7. The first-order valence-electron chi connectivity index (χ1n) is 6.25. The Kier molecular flexibility index (Phi) is 4.76. The van der Waals surface area contributed by atoms with E-state index < -0.39 is 10.2 Å². The molecule has 0 bridgehead atoms. The number of nitrogens with one attached hydrogen (secondary N) is 1. The average Bonchev–Trinajstić information content (AvgIpc) is 2.42. The van der Waals surface area contributed by atoms with Crippen LogP contribution in [0.25, 0.3) is 0 Å². The number of nitrogens with two attached hydrogens (primary N) is 1. The normalized spacial score (nSPS) is 17.5. The minimum Gasteiger partial charge on any atom is -0.399 e. The van der Waals surface area contributed by atoms with E-state index in [9.17, 15) is 8.42 Å². The van der Waals surface area contributed by atoms with Gasteiger partial charge < -0.3 is 10.5 Å². The predicted molar refractivity (Wildman–Crippen MR) is 73.9 cm³/mol. The summed E-state index contributed by atoms with van der Waals surface area (Å²) in [5.41, 5.74) is 7.35. The van der Waals surface area contributed by atoms with Crippen LogP contribution in [0.4, 0.5) is 5.69 Å². The Bertz CT molecular complexity index is 495. The zero-order valence-corrected chi connectivity index (χ0v) is 11.5. The van der Waals surface area contributed by atoms with Crippen molar-refractivity contribution in [3.63, 3.8) is 0 Å². The van der Waals surface area contributed by atoms with E-state index in [0.29, 0.717) is 45.0 Å². The molecule has 19 heavy (non-hydrogen) atoms. The highest BCUT2D eigenvalue weighted by Gasteiger charge is 2.23. The maximum atomic E-state index is 12.0. The van der Waals surface area contributed by atoms with E-state index in [-0.39, 0.29) is 0 Å². The summed E-state index contributed by atoms with van der Waals surface area (Å²) in [7, 11) is -3.38. The first kappa shape index (κ1) is 14.3. The topological polar surface area (TPSA) is 84.7 Å². The fourth-order valence-electron chi connectivity index (χ4n) is 1.89. The lowest BCUT2D eigenvalue weighted by atomic mass is 10.1. The summed E-state index contributed by atoms with van der Waals surface area (Å²) in [6.07, 6.45) is 0.643. The highest BCUT2D eigenvalue weighted by atomic mass is 32.2. The van der Waals surface area contributed by atoms with E-state index in [1.807, 2.05) is 24.3 Å². The molecule has 106 valence electrons. The van der Waals surface area contributed by atoms with Gasteiger partial charge in [0.05, 0.1) is 13.2 Å². The van der Waals surface area contributed by atoms with Crippen LogP contribution in [0, 0.1) is 0 Å². The Labute approximate surface area is 113 Å². The van der Waals surface area contributed by atoms with Crippen LogP contribution < -0.4 is 10.5 Å². The lowest BCUT2D eigenvalue weighted by molar-refractivity contribution is 0.0725. The maximum absolute atomic E-state index is 12.0. The molecule has 0 radical (unpaired) electrons. The van der Waals surface area contributed by atoms with E-state index in [4.69, 9.17) is 10.5 Å². The number of benzene rings is 1. The Balaban J connectivity index is 1.82. The number of anilines is 1. The van der Waals surface area contributed by atoms with Crippen molar-refractivity contribution in [2.24, 2.45) is 0 Å². The summed E-state index contributed by atoms with van der Waals surface area (Å²) >= 11 is 0. The second kappa shape index (κ2) is 6.33. The minimum absolute atomic E-state index is 0.379. The molecule has 1 fully saturated rings. The van der Waals surface area contributed by atoms with Gasteiger partial charge in [-0.25, -0.2) is 4.72 Å². The molecular weight excluding hydrogens is 266 g/mol. The van der Waals surface area contributed by atoms with Crippen molar-refractivity contribution < 1.29 is 13.2 Å². The standard InChI is InChI=1S/C12H19N3O3S/c13-12-3-1-11(2-4-12)5-6-14-19(16,17)15-7-9-18-10-8-15/h1-4,14H,5-10,13H2. The van der Waals surface area contributed by atoms with Crippen molar-refractivity contribution >= 4 is 15.9 Å². The number of hydrogen-bond donors (Lipinski definition) is 2. The number of morpholine rings is 1. The zero-order valence-electron chi connectivity index (χ0n) is 10.7. The molecule has 0 atom stereocenters. The second-order valence-electron chi connectivity index (χ2n) is 4.40. The molecule has 3 N–H and O–H groups in total. The van der Waals surface area contributed by atoms with Crippen LogP contribution in [0.15, 0.2) is 24.3 Å². The third kappa shape index (κ3) is 4.17. The van der Waals surface area contributed by atoms with Crippen LogP contribution in [0.5, 0.6) is 0 Å². The van der Waals surface area contributed by atoms with Crippen molar-refractivity contribution in [3.8, 4) is 0 Å². The van der Waals surface area contributed by atoms with Gasteiger partial charge in [0, 0.05) is 25.3 Å². The van der Waals surface area contributed by atoms with Gasteiger partial charge >= 0.3 is 0 Å². The molecule has 1 aliphatic rings. The molecule has 1 aliphatic heterocycles. The Morgan fingerprint density at radius 3 is 2.47 bits per heavy atom. The molecule has 0 aliphatic carbocycles. The molecule has 0 saturated carbocycles. The van der Waals surface area contributed by atoms with Gasteiger partial charge in [0.15, 0.2) is 0 Å². The smallest absolute Gasteiger partial charge is 0.279 e. The Hall–Kier alpha value is -1.15. The molecular formula is C12H19N3O3S. The van der Waals surface area contributed by atoms with Crippen LogP contribution in [0.3, 0.4) is 0 Å². The molecule has 1 aromatic carbocycles. The predicted octanol–water partition coefficient (Wildman–Crippen LogP) is -0.0221. The SMILES string of the molecule is Nc1ccc(CCNS(=O)(=O)N2CCOCC2)cc1. The van der Waals surface area contributed by atoms with Gasteiger partial charge in [-0.3, -0.25) is 0 Å². The van der Waals surface area contributed by atoms with Gasteiger partial charge in [-0.1, -0.05) is 12.1 Å². The molecule has 7 heteroatoms. The summed E-state index contributed by atoms with van der Waals surface area (Å²) in [5.74, 6) is 0.